The van der Waals surface area contributed by atoms with Crippen molar-refractivity contribution < 1.29 is 23.9 Å². The van der Waals surface area contributed by atoms with Gasteiger partial charge in [0.1, 0.15) is 17.7 Å². The number of benzene rings is 1. The summed E-state index contributed by atoms with van der Waals surface area (Å²) in [6.07, 6.45) is 1.10. The van der Waals surface area contributed by atoms with Gasteiger partial charge < -0.3 is 25.8 Å². The zero-order valence-electron chi connectivity index (χ0n) is 17.0. The summed E-state index contributed by atoms with van der Waals surface area (Å²) >= 11 is 0. The summed E-state index contributed by atoms with van der Waals surface area (Å²) < 4.78 is 9.91. The van der Waals surface area contributed by atoms with Gasteiger partial charge in [-0.05, 0) is 45.6 Å². The van der Waals surface area contributed by atoms with Gasteiger partial charge in [0.2, 0.25) is 5.91 Å². The molecule has 0 bridgehead atoms. The highest BCUT2D eigenvalue weighted by Crippen LogP contribution is 2.11. The van der Waals surface area contributed by atoms with Gasteiger partial charge in [0.25, 0.3) is 0 Å². The Morgan fingerprint density at radius 3 is 2.32 bits per heavy atom. The van der Waals surface area contributed by atoms with Gasteiger partial charge in [-0.1, -0.05) is 30.3 Å². The fourth-order valence-electron chi connectivity index (χ4n) is 2.44. The van der Waals surface area contributed by atoms with Gasteiger partial charge >= 0.3 is 12.1 Å². The van der Waals surface area contributed by atoms with Crippen molar-refractivity contribution in [3.8, 4) is 0 Å². The standard InChI is InChI=1S/C20H31N3O5/c1-20(2,3)28-19(26)22-13-9-8-12-15(18(25)27-4)23-17(24)16(21)14-10-6-5-7-11-14/h5-7,10-11,15-16H,8-9,12-13,21H2,1-4H3,(H,22,26)(H,23,24)/t15-,16-/m1/s1. The number of methoxy groups -OCH3 is 1. The minimum atomic E-state index is -0.873. The van der Waals surface area contributed by atoms with Crippen LogP contribution in [0.4, 0.5) is 4.79 Å². The summed E-state index contributed by atoms with van der Waals surface area (Å²) in [5.41, 5.74) is 6.07. The van der Waals surface area contributed by atoms with Gasteiger partial charge in [0.05, 0.1) is 7.11 Å². The molecule has 156 valence electrons. The third-order valence-corrected chi connectivity index (χ3v) is 3.83. The van der Waals surface area contributed by atoms with Crippen LogP contribution in [0, 0.1) is 0 Å². The van der Waals surface area contributed by atoms with Crippen LogP contribution in [-0.2, 0) is 19.1 Å². The maximum atomic E-state index is 12.4. The lowest BCUT2D eigenvalue weighted by molar-refractivity contribution is -0.145. The molecule has 0 aromatic heterocycles. The number of alkyl carbamates (subject to hydrolysis) is 1. The molecule has 0 spiro atoms. The normalized spacial score (nSPS) is 13.2. The lowest BCUT2D eigenvalue weighted by Crippen LogP contribution is -2.45. The molecule has 0 heterocycles. The topological polar surface area (TPSA) is 120 Å². The summed E-state index contributed by atoms with van der Waals surface area (Å²) in [6.45, 7) is 5.77. The van der Waals surface area contributed by atoms with Crippen LogP contribution in [0.15, 0.2) is 30.3 Å². The lowest BCUT2D eigenvalue weighted by Gasteiger charge is -2.20. The first-order chi connectivity index (χ1) is 13.1. The monoisotopic (exact) mass is 393 g/mol. The zero-order valence-corrected chi connectivity index (χ0v) is 17.0. The molecule has 0 saturated heterocycles. The SMILES string of the molecule is COC(=O)[C@@H](CCCCNC(=O)OC(C)(C)C)NC(=O)[C@H](N)c1ccccc1. The van der Waals surface area contributed by atoms with E-state index in [-0.39, 0.29) is 0 Å². The molecule has 0 aliphatic rings. The molecule has 0 unspecified atom stereocenters. The first-order valence-corrected chi connectivity index (χ1v) is 9.29. The van der Waals surface area contributed by atoms with Gasteiger partial charge in [0, 0.05) is 6.54 Å². The molecule has 8 heteroatoms. The highest BCUT2D eigenvalue weighted by Gasteiger charge is 2.24. The van der Waals surface area contributed by atoms with Crippen LogP contribution in [0.5, 0.6) is 0 Å². The minimum absolute atomic E-state index is 0.371. The van der Waals surface area contributed by atoms with Crippen molar-refractivity contribution in [1.29, 1.82) is 0 Å². The van der Waals surface area contributed by atoms with Crippen molar-refractivity contribution in [2.45, 2.75) is 57.7 Å². The molecule has 1 aromatic carbocycles. The van der Waals surface area contributed by atoms with E-state index in [0.29, 0.717) is 31.4 Å². The van der Waals surface area contributed by atoms with E-state index in [9.17, 15) is 14.4 Å². The van der Waals surface area contributed by atoms with Crippen LogP contribution in [0.2, 0.25) is 0 Å². The van der Waals surface area contributed by atoms with E-state index in [1.165, 1.54) is 7.11 Å². The predicted octanol–water partition coefficient (Wildman–Crippen LogP) is 2.04. The first-order valence-electron chi connectivity index (χ1n) is 9.29. The van der Waals surface area contributed by atoms with E-state index >= 15 is 0 Å². The molecule has 2 atom stereocenters. The maximum absolute atomic E-state index is 12.4. The molecule has 2 amide bonds. The van der Waals surface area contributed by atoms with Gasteiger partial charge in [-0.15, -0.1) is 0 Å². The van der Waals surface area contributed by atoms with Crippen molar-refractivity contribution in [3.05, 3.63) is 35.9 Å². The highest BCUT2D eigenvalue weighted by atomic mass is 16.6. The average Bonchev–Trinajstić information content (AvgIpc) is 2.64. The molecule has 0 fully saturated rings. The summed E-state index contributed by atoms with van der Waals surface area (Å²) in [5, 5.41) is 5.30. The van der Waals surface area contributed by atoms with Gasteiger partial charge in [-0.2, -0.15) is 0 Å². The number of nitrogens with two attached hydrogens (primary N) is 1. The Labute approximate surface area is 166 Å². The second-order valence-corrected chi connectivity index (χ2v) is 7.40. The number of hydrogen-bond acceptors (Lipinski definition) is 6. The largest absolute Gasteiger partial charge is 0.467 e. The molecule has 0 saturated carbocycles. The van der Waals surface area contributed by atoms with Crippen molar-refractivity contribution in [3.63, 3.8) is 0 Å². The molecule has 8 nitrogen and oxygen atoms in total. The Morgan fingerprint density at radius 2 is 1.75 bits per heavy atom. The zero-order chi connectivity index (χ0) is 21.2. The number of unbranched alkanes of at least 4 members (excludes halogenated alkanes) is 1. The molecule has 4 N–H and O–H groups in total. The number of esters is 1. The molecule has 28 heavy (non-hydrogen) atoms. The molecular formula is C20H31N3O5. The fourth-order valence-corrected chi connectivity index (χ4v) is 2.44. The van der Waals surface area contributed by atoms with Crippen molar-refractivity contribution in [2.75, 3.05) is 13.7 Å². The predicted molar refractivity (Wildman–Crippen MR) is 105 cm³/mol. The van der Waals surface area contributed by atoms with Crippen molar-refractivity contribution in [1.82, 2.24) is 10.6 Å². The number of ether oxygens (including phenoxy) is 2. The first kappa shape index (κ1) is 23.4. The summed E-state index contributed by atoms with van der Waals surface area (Å²) in [7, 11) is 1.27. The van der Waals surface area contributed by atoms with Crippen LogP contribution >= 0.6 is 0 Å². The van der Waals surface area contributed by atoms with Crippen LogP contribution in [0.3, 0.4) is 0 Å². The molecule has 1 rings (SSSR count). The van der Waals surface area contributed by atoms with E-state index in [4.69, 9.17) is 15.2 Å². The fraction of sp³-hybridized carbons (Fsp3) is 0.550. The minimum Gasteiger partial charge on any atom is -0.467 e. The number of nitrogens with one attached hydrogen (secondary N) is 2. The summed E-state index contributed by atoms with van der Waals surface area (Å²) in [4.78, 5) is 35.9. The van der Waals surface area contributed by atoms with E-state index in [1.54, 1.807) is 45.0 Å². The van der Waals surface area contributed by atoms with E-state index in [2.05, 4.69) is 10.6 Å². The van der Waals surface area contributed by atoms with E-state index in [1.807, 2.05) is 6.07 Å². The molecule has 0 aliphatic carbocycles. The van der Waals surface area contributed by atoms with Crippen LogP contribution < -0.4 is 16.4 Å². The Kier molecular flexibility index (Phi) is 9.44. The number of hydrogen-bond donors (Lipinski definition) is 3. The number of carbonyl (C=O) groups excluding carboxylic acids is 3. The van der Waals surface area contributed by atoms with Crippen molar-refractivity contribution >= 4 is 18.0 Å². The Hall–Kier alpha value is -2.61. The van der Waals surface area contributed by atoms with E-state index < -0.39 is 35.7 Å². The van der Waals surface area contributed by atoms with E-state index in [0.717, 1.165) is 0 Å². The average molecular weight is 393 g/mol. The quantitative estimate of drug-likeness (QED) is 0.436. The van der Waals surface area contributed by atoms with Crippen LogP contribution in [-0.4, -0.2) is 43.3 Å². The lowest BCUT2D eigenvalue weighted by atomic mass is 10.1. The number of amides is 2. The number of rotatable bonds is 9. The second-order valence-electron chi connectivity index (χ2n) is 7.40. The number of carbonyl (C=O) groups is 3. The Balaban J connectivity index is 2.46. The molecular weight excluding hydrogens is 362 g/mol. The van der Waals surface area contributed by atoms with Gasteiger partial charge in [-0.3, -0.25) is 4.79 Å². The Bertz CT molecular complexity index is 643. The van der Waals surface area contributed by atoms with Gasteiger partial charge in [0.15, 0.2) is 0 Å². The maximum Gasteiger partial charge on any atom is 0.407 e. The van der Waals surface area contributed by atoms with Crippen LogP contribution in [0.25, 0.3) is 0 Å². The molecule has 0 aliphatic heterocycles. The van der Waals surface area contributed by atoms with Crippen molar-refractivity contribution in [2.24, 2.45) is 5.73 Å². The molecule has 0 radical (unpaired) electrons. The Morgan fingerprint density at radius 1 is 1.11 bits per heavy atom. The molecule has 1 aromatic rings. The van der Waals surface area contributed by atoms with Gasteiger partial charge in [-0.25, -0.2) is 9.59 Å². The smallest absolute Gasteiger partial charge is 0.407 e. The third kappa shape index (κ3) is 8.85. The second kappa shape index (κ2) is 11.3. The van der Waals surface area contributed by atoms with Crippen LogP contribution in [0.1, 0.15) is 51.6 Å². The highest BCUT2D eigenvalue weighted by molar-refractivity contribution is 5.88. The summed E-state index contributed by atoms with van der Waals surface area (Å²) in [5.74, 6) is -0.984. The third-order valence-electron chi connectivity index (χ3n) is 3.83. The summed E-state index contributed by atoms with van der Waals surface area (Å²) in [6, 6.07) is 7.24.